The second-order valence-corrected chi connectivity index (χ2v) is 9.66. The van der Waals surface area contributed by atoms with Crippen LogP contribution in [0.15, 0.2) is 0 Å². The molecule has 0 amide bonds. The van der Waals surface area contributed by atoms with Crippen molar-refractivity contribution in [3.63, 3.8) is 0 Å². The van der Waals surface area contributed by atoms with Gasteiger partial charge in [0.05, 0.1) is 11.5 Å². The van der Waals surface area contributed by atoms with Gasteiger partial charge in [-0.05, 0) is 12.8 Å². The SMILES string of the molecule is CS(=O)(=O)CCS(=O)(=O)N1CCCCCC1CBr. The zero-order chi connectivity index (χ0) is 13.8. The van der Waals surface area contributed by atoms with Crippen LogP contribution in [0.1, 0.15) is 25.7 Å². The van der Waals surface area contributed by atoms with Crippen LogP contribution in [-0.4, -0.2) is 56.8 Å². The number of hydrogen-bond donors (Lipinski definition) is 0. The maximum atomic E-state index is 12.2. The quantitative estimate of drug-likeness (QED) is 0.684. The van der Waals surface area contributed by atoms with Gasteiger partial charge in [-0.2, -0.15) is 4.31 Å². The molecular weight excluding hydrogens is 342 g/mol. The van der Waals surface area contributed by atoms with Crippen LogP contribution < -0.4 is 0 Å². The van der Waals surface area contributed by atoms with E-state index in [1.807, 2.05) is 0 Å². The Bertz CT molecular complexity index is 460. The van der Waals surface area contributed by atoms with Gasteiger partial charge < -0.3 is 0 Å². The van der Waals surface area contributed by atoms with E-state index in [1.54, 1.807) is 0 Å². The van der Waals surface area contributed by atoms with E-state index in [0.29, 0.717) is 11.9 Å². The first-order valence-electron chi connectivity index (χ1n) is 5.99. The highest BCUT2D eigenvalue weighted by atomic mass is 79.9. The second kappa shape index (κ2) is 6.67. The standard InChI is InChI=1S/C10H20BrNO4S2/c1-17(13,14)7-8-18(15,16)12-6-4-2-3-5-10(12)9-11/h10H,2-9H2,1H3. The first kappa shape index (κ1) is 16.4. The van der Waals surface area contributed by atoms with Crippen LogP contribution >= 0.6 is 15.9 Å². The molecule has 1 fully saturated rings. The monoisotopic (exact) mass is 361 g/mol. The minimum atomic E-state index is -3.48. The van der Waals surface area contributed by atoms with Crippen LogP contribution in [0.5, 0.6) is 0 Å². The number of hydrogen-bond acceptors (Lipinski definition) is 4. The summed E-state index contributed by atoms with van der Waals surface area (Å²) in [5.41, 5.74) is 0. The first-order valence-corrected chi connectivity index (χ1v) is 10.8. The van der Waals surface area contributed by atoms with Gasteiger partial charge in [-0.25, -0.2) is 16.8 Å². The lowest BCUT2D eigenvalue weighted by atomic mass is 10.1. The average molecular weight is 362 g/mol. The molecule has 0 aromatic rings. The van der Waals surface area contributed by atoms with Gasteiger partial charge in [0, 0.05) is 24.2 Å². The molecule has 1 rings (SSSR count). The molecule has 1 aliphatic heterocycles. The van der Waals surface area contributed by atoms with Gasteiger partial charge in [-0.15, -0.1) is 0 Å². The molecule has 0 radical (unpaired) electrons. The number of sulfone groups is 1. The summed E-state index contributed by atoms with van der Waals surface area (Å²) < 4.78 is 48.1. The fourth-order valence-electron chi connectivity index (χ4n) is 2.05. The van der Waals surface area contributed by atoms with Crippen LogP contribution in [0.4, 0.5) is 0 Å². The molecule has 0 saturated carbocycles. The van der Waals surface area contributed by atoms with Crippen LogP contribution in [0.2, 0.25) is 0 Å². The maximum Gasteiger partial charge on any atom is 0.215 e. The minimum Gasteiger partial charge on any atom is -0.229 e. The Kier molecular flexibility index (Phi) is 6.08. The third-order valence-corrected chi connectivity index (χ3v) is 6.94. The van der Waals surface area contributed by atoms with E-state index in [4.69, 9.17) is 0 Å². The van der Waals surface area contributed by atoms with Crippen molar-refractivity contribution in [2.45, 2.75) is 31.7 Å². The Morgan fingerprint density at radius 3 is 2.33 bits per heavy atom. The van der Waals surface area contributed by atoms with Gasteiger partial charge >= 0.3 is 0 Å². The second-order valence-electron chi connectivity index (χ2n) is 4.71. The van der Waals surface area contributed by atoms with Gasteiger partial charge in [0.25, 0.3) is 0 Å². The van der Waals surface area contributed by atoms with E-state index in [-0.39, 0.29) is 17.5 Å². The van der Waals surface area contributed by atoms with Crippen molar-refractivity contribution < 1.29 is 16.8 Å². The number of rotatable bonds is 5. The van der Waals surface area contributed by atoms with Crippen molar-refractivity contribution in [3.05, 3.63) is 0 Å². The zero-order valence-corrected chi connectivity index (χ0v) is 13.7. The number of alkyl halides is 1. The van der Waals surface area contributed by atoms with E-state index in [9.17, 15) is 16.8 Å². The molecule has 0 aromatic heterocycles. The first-order chi connectivity index (χ1) is 8.26. The molecule has 8 heteroatoms. The fraction of sp³-hybridized carbons (Fsp3) is 1.00. The lowest BCUT2D eigenvalue weighted by molar-refractivity contribution is 0.348. The van der Waals surface area contributed by atoms with E-state index in [2.05, 4.69) is 15.9 Å². The minimum absolute atomic E-state index is 0.0444. The van der Waals surface area contributed by atoms with Gasteiger partial charge in [0.1, 0.15) is 9.84 Å². The lowest BCUT2D eigenvalue weighted by Gasteiger charge is -2.27. The van der Waals surface area contributed by atoms with Crippen molar-refractivity contribution in [2.75, 3.05) is 29.6 Å². The Balaban J connectivity index is 2.80. The number of halogens is 1. The highest BCUT2D eigenvalue weighted by molar-refractivity contribution is 9.09. The number of nitrogens with zero attached hydrogens (tertiary/aromatic N) is 1. The largest absolute Gasteiger partial charge is 0.229 e. The third-order valence-electron chi connectivity index (χ3n) is 3.07. The van der Waals surface area contributed by atoms with Crippen molar-refractivity contribution >= 4 is 35.8 Å². The lowest BCUT2D eigenvalue weighted by Crippen LogP contribution is -2.43. The van der Waals surface area contributed by atoms with E-state index in [1.165, 1.54) is 4.31 Å². The van der Waals surface area contributed by atoms with E-state index < -0.39 is 19.9 Å². The molecule has 1 atom stereocenters. The molecule has 0 spiro atoms. The van der Waals surface area contributed by atoms with Crippen LogP contribution in [0.25, 0.3) is 0 Å². The molecule has 0 bridgehead atoms. The molecule has 1 aliphatic rings. The molecule has 0 aliphatic carbocycles. The Hall–Kier alpha value is 0.340. The summed E-state index contributed by atoms with van der Waals surface area (Å²) in [6, 6.07) is -0.0444. The molecule has 18 heavy (non-hydrogen) atoms. The zero-order valence-electron chi connectivity index (χ0n) is 10.5. The predicted octanol–water partition coefficient (Wildman–Crippen LogP) is 1.00. The molecule has 1 saturated heterocycles. The normalized spacial score (nSPS) is 23.8. The summed E-state index contributed by atoms with van der Waals surface area (Å²) in [4.78, 5) is 0. The van der Waals surface area contributed by atoms with E-state index >= 15 is 0 Å². The maximum absolute atomic E-state index is 12.2. The molecule has 1 heterocycles. The average Bonchev–Trinajstić information content (AvgIpc) is 2.50. The predicted molar refractivity (Wildman–Crippen MR) is 76.3 cm³/mol. The van der Waals surface area contributed by atoms with Crippen molar-refractivity contribution in [2.24, 2.45) is 0 Å². The Labute approximate surface area is 118 Å². The number of sulfonamides is 1. The van der Waals surface area contributed by atoms with Crippen molar-refractivity contribution in [3.8, 4) is 0 Å². The molecule has 108 valence electrons. The van der Waals surface area contributed by atoms with Crippen molar-refractivity contribution in [1.29, 1.82) is 0 Å². The van der Waals surface area contributed by atoms with E-state index in [0.717, 1.165) is 31.9 Å². The molecule has 5 nitrogen and oxygen atoms in total. The van der Waals surface area contributed by atoms with Gasteiger partial charge in [-0.1, -0.05) is 28.8 Å². The summed E-state index contributed by atoms with van der Waals surface area (Å²) in [5, 5.41) is 0.602. The summed E-state index contributed by atoms with van der Waals surface area (Å²) in [6.45, 7) is 0.502. The molecular formula is C10H20BrNO4S2. The van der Waals surface area contributed by atoms with Crippen LogP contribution in [0.3, 0.4) is 0 Å². The highest BCUT2D eigenvalue weighted by Gasteiger charge is 2.30. The Morgan fingerprint density at radius 1 is 1.11 bits per heavy atom. The van der Waals surface area contributed by atoms with Gasteiger partial charge in [0.15, 0.2) is 0 Å². The fourth-order valence-corrected chi connectivity index (χ4v) is 6.24. The highest BCUT2D eigenvalue weighted by Crippen LogP contribution is 2.21. The summed E-state index contributed by atoms with van der Waals surface area (Å²) in [7, 11) is -6.72. The van der Waals surface area contributed by atoms with Gasteiger partial charge in [-0.3, -0.25) is 0 Å². The topological polar surface area (TPSA) is 71.5 Å². The third kappa shape index (κ3) is 5.14. The van der Waals surface area contributed by atoms with Crippen LogP contribution in [-0.2, 0) is 19.9 Å². The van der Waals surface area contributed by atoms with Gasteiger partial charge in [0.2, 0.25) is 10.0 Å². The molecule has 0 N–H and O–H groups in total. The summed E-state index contributed by atoms with van der Waals surface area (Å²) in [6.07, 6.45) is 4.80. The summed E-state index contributed by atoms with van der Waals surface area (Å²) in [5.74, 6) is -0.615. The summed E-state index contributed by atoms with van der Waals surface area (Å²) >= 11 is 3.34. The smallest absolute Gasteiger partial charge is 0.215 e. The van der Waals surface area contributed by atoms with Crippen molar-refractivity contribution in [1.82, 2.24) is 4.31 Å². The Morgan fingerprint density at radius 2 is 1.78 bits per heavy atom. The molecule has 1 unspecified atom stereocenters. The van der Waals surface area contributed by atoms with Crippen LogP contribution in [0, 0.1) is 0 Å². The molecule has 0 aromatic carbocycles.